The summed E-state index contributed by atoms with van der Waals surface area (Å²) in [5.74, 6) is -0.608. The number of alkyl carbamates (subject to hydrolysis) is 1. The molecule has 1 unspecified atom stereocenters. The van der Waals surface area contributed by atoms with Crippen molar-refractivity contribution >= 4 is 18.0 Å². The van der Waals surface area contributed by atoms with E-state index in [4.69, 9.17) is 9.15 Å². The molecule has 0 fully saturated rings. The second-order valence-electron chi connectivity index (χ2n) is 8.85. The van der Waals surface area contributed by atoms with E-state index in [0.29, 0.717) is 17.7 Å². The molecule has 0 aliphatic carbocycles. The number of ether oxygens (including phenoxy) is 1. The Kier molecular flexibility index (Phi) is 8.36. The highest BCUT2D eigenvalue weighted by Gasteiger charge is 2.26. The molecule has 0 spiro atoms. The fraction of sp³-hybridized carbons (Fsp3) is 0.320. The van der Waals surface area contributed by atoms with Crippen LogP contribution in [0.15, 0.2) is 59.5 Å². The summed E-state index contributed by atoms with van der Waals surface area (Å²) in [7, 11) is 0. The third-order valence-electron chi connectivity index (χ3n) is 4.83. The van der Waals surface area contributed by atoms with Crippen molar-refractivity contribution in [2.24, 2.45) is 0 Å². The first-order chi connectivity index (χ1) is 17.0. The van der Waals surface area contributed by atoms with Gasteiger partial charge < -0.3 is 19.6 Å². The van der Waals surface area contributed by atoms with Gasteiger partial charge in [0.1, 0.15) is 23.5 Å². The van der Waals surface area contributed by atoms with E-state index in [1.54, 1.807) is 32.9 Å². The number of halogens is 1. The molecule has 0 aliphatic heterocycles. The van der Waals surface area contributed by atoms with E-state index in [0.717, 1.165) is 4.57 Å². The molecule has 1 aromatic carbocycles. The summed E-state index contributed by atoms with van der Waals surface area (Å²) in [5, 5.41) is 12.4. The molecule has 190 valence electrons. The van der Waals surface area contributed by atoms with E-state index in [1.165, 1.54) is 42.9 Å². The fourth-order valence-corrected chi connectivity index (χ4v) is 3.26. The summed E-state index contributed by atoms with van der Waals surface area (Å²) in [4.78, 5) is 44.7. The summed E-state index contributed by atoms with van der Waals surface area (Å²) >= 11 is 0. The minimum absolute atomic E-state index is 0.0321. The quantitative estimate of drug-likeness (QED) is 0.296. The Hall–Kier alpha value is -4.28. The predicted octanol–water partition coefficient (Wildman–Crippen LogP) is 5.38. The van der Waals surface area contributed by atoms with Crippen LogP contribution in [0.1, 0.15) is 62.6 Å². The van der Waals surface area contributed by atoms with Gasteiger partial charge in [-0.25, -0.2) is 28.5 Å². The smallest absolute Gasteiger partial charge is 0.417 e. The Bertz CT molecular complexity index is 1230. The molecule has 0 aliphatic rings. The molecule has 11 heteroatoms. The molecular weight excluding hydrogens is 471 g/mol. The molecule has 0 bridgehead atoms. The topological polar surface area (TPSA) is 137 Å². The number of amides is 1. The average Bonchev–Trinajstić information content (AvgIpc) is 3.48. The summed E-state index contributed by atoms with van der Waals surface area (Å²) < 4.78 is 24.6. The van der Waals surface area contributed by atoms with Crippen molar-refractivity contribution in [3.63, 3.8) is 0 Å². The Morgan fingerprint density at radius 3 is 2.56 bits per heavy atom. The normalized spacial score (nSPS) is 12.4. The first-order valence-corrected chi connectivity index (χ1v) is 11.2. The lowest BCUT2D eigenvalue weighted by Crippen LogP contribution is -2.36. The van der Waals surface area contributed by atoms with Crippen molar-refractivity contribution in [3.8, 4) is 11.3 Å². The number of imidazole rings is 1. The van der Waals surface area contributed by atoms with Gasteiger partial charge in [0.25, 0.3) is 5.89 Å². The van der Waals surface area contributed by atoms with Gasteiger partial charge in [-0.05, 0) is 57.9 Å². The monoisotopic (exact) mass is 498 g/mol. The fourth-order valence-electron chi connectivity index (χ4n) is 3.26. The number of carboxylic acid groups (broad SMARTS) is 1. The van der Waals surface area contributed by atoms with Crippen LogP contribution in [-0.4, -0.2) is 43.2 Å². The van der Waals surface area contributed by atoms with Crippen molar-refractivity contribution in [2.75, 3.05) is 0 Å². The minimum atomic E-state index is -1.30. The Balaban J connectivity index is 1.81. The maximum absolute atomic E-state index is 13.3. The van der Waals surface area contributed by atoms with Gasteiger partial charge in [0, 0.05) is 18.2 Å². The highest BCUT2D eigenvalue weighted by molar-refractivity contribution is 5.91. The van der Waals surface area contributed by atoms with E-state index in [9.17, 15) is 23.9 Å². The second kappa shape index (κ2) is 11.4. The lowest BCUT2D eigenvalue weighted by Gasteiger charge is -2.23. The number of carbonyl (C=O) groups excluding carboxylic acids is 2. The van der Waals surface area contributed by atoms with Crippen molar-refractivity contribution in [3.05, 3.63) is 72.6 Å². The molecule has 1 atom stereocenters. The number of hydrogen-bond acceptors (Lipinski definition) is 7. The van der Waals surface area contributed by atoms with Gasteiger partial charge in [-0.2, -0.15) is 0 Å². The zero-order valence-corrected chi connectivity index (χ0v) is 20.1. The van der Waals surface area contributed by atoms with E-state index >= 15 is 0 Å². The number of rotatable bonds is 9. The van der Waals surface area contributed by atoms with Crippen LogP contribution in [0.5, 0.6) is 0 Å². The lowest BCUT2D eigenvalue weighted by atomic mass is 10.1. The standard InChI is InChI=1S/C25H27FN4O6/c1-25(2,3)36-23(32)29-18(7-5-4-6-8-20(31)22-27-13-14-35-22)21-28-19(15-30(21)24(33)34)16-9-11-17(26)12-10-16/h4-5,9-15,18H,6-8H2,1-3H3,(H,29,32)(H,33,34)/b5-4+. The molecule has 36 heavy (non-hydrogen) atoms. The number of benzene rings is 1. The minimum Gasteiger partial charge on any atom is -0.464 e. The van der Waals surface area contributed by atoms with Crippen LogP contribution in [0.2, 0.25) is 0 Å². The SMILES string of the molecule is CC(C)(C)OC(=O)NC(C/C=C/CCC(=O)c1ncco1)c1nc(-c2ccc(F)cc2)cn1C(=O)O. The molecule has 0 saturated carbocycles. The van der Waals surface area contributed by atoms with Crippen molar-refractivity contribution in [1.29, 1.82) is 0 Å². The van der Waals surface area contributed by atoms with Crippen LogP contribution >= 0.6 is 0 Å². The van der Waals surface area contributed by atoms with E-state index in [-0.39, 0.29) is 30.3 Å². The van der Waals surface area contributed by atoms with E-state index in [2.05, 4.69) is 15.3 Å². The van der Waals surface area contributed by atoms with Crippen molar-refractivity contribution in [1.82, 2.24) is 19.9 Å². The van der Waals surface area contributed by atoms with Gasteiger partial charge >= 0.3 is 12.2 Å². The Labute approximate surface area is 206 Å². The molecule has 2 N–H and O–H groups in total. The second-order valence-corrected chi connectivity index (χ2v) is 8.85. The highest BCUT2D eigenvalue weighted by Crippen LogP contribution is 2.25. The number of ketones is 1. The molecule has 0 saturated heterocycles. The van der Waals surface area contributed by atoms with Crippen LogP contribution in [-0.2, 0) is 4.74 Å². The third-order valence-corrected chi connectivity index (χ3v) is 4.83. The summed E-state index contributed by atoms with van der Waals surface area (Å²) in [6.07, 6.45) is 6.12. The molecule has 0 radical (unpaired) electrons. The van der Waals surface area contributed by atoms with Gasteiger partial charge in [-0.15, -0.1) is 0 Å². The number of nitrogens with zero attached hydrogens (tertiary/aromatic N) is 3. The predicted molar refractivity (Wildman–Crippen MR) is 127 cm³/mol. The van der Waals surface area contributed by atoms with Crippen LogP contribution in [0.4, 0.5) is 14.0 Å². The first kappa shape index (κ1) is 26.3. The number of oxazole rings is 1. The largest absolute Gasteiger partial charge is 0.464 e. The van der Waals surface area contributed by atoms with Gasteiger partial charge in [0.05, 0.1) is 17.9 Å². The van der Waals surface area contributed by atoms with E-state index < -0.39 is 29.6 Å². The number of aromatic nitrogens is 3. The zero-order valence-electron chi connectivity index (χ0n) is 20.1. The molecule has 2 aromatic heterocycles. The zero-order chi connectivity index (χ0) is 26.3. The van der Waals surface area contributed by atoms with Crippen molar-refractivity contribution in [2.45, 2.75) is 51.7 Å². The van der Waals surface area contributed by atoms with Gasteiger partial charge in [-0.3, -0.25) is 4.79 Å². The lowest BCUT2D eigenvalue weighted by molar-refractivity contribution is 0.0500. The summed E-state index contributed by atoms with van der Waals surface area (Å²) in [6.45, 7) is 5.12. The van der Waals surface area contributed by atoms with Gasteiger partial charge in [0.2, 0.25) is 5.78 Å². The molecule has 3 aromatic rings. The maximum atomic E-state index is 13.3. The van der Waals surface area contributed by atoms with Gasteiger partial charge in [0.15, 0.2) is 0 Å². The van der Waals surface area contributed by atoms with Crippen LogP contribution in [0.25, 0.3) is 11.3 Å². The number of hydrogen-bond donors (Lipinski definition) is 2. The van der Waals surface area contributed by atoms with Crippen molar-refractivity contribution < 1.29 is 33.0 Å². The third kappa shape index (κ3) is 7.36. The van der Waals surface area contributed by atoms with E-state index in [1.807, 2.05) is 0 Å². The molecule has 1 amide bonds. The summed E-state index contributed by atoms with van der Waals surface area (Å²) in [5.41, 5.74) is 0.0322. The molecule has 2 heterocycles. The number of nitrogens with one attached hydrogen (secondary N) is 1. The maximum Gasteiger partial charge on any atom is 0.417 e. The Morgan fingerprint density at radius 1 is 1.22 bits per heavy atom. The molecular formula is C25H27FN4O6. The van der Waals surface area contributed by atoms with Gasteiger partial charge in [-0.1, -0.05) is 12.2 Å². The first-order valence-electron chi connectivity index (χ1n) is 11.2. The van der Waals surface area contributed by atoms with Crippen LogP contribution < -0.4 is 5.32 Å². The number of allylic oxidation sites excluding steroid dienone is 1. The summed E-state index contributed by atoms with van der Waals surface area (Å²) in [6, 6.07) is 4.58. The van der Waals surface area contributed by atoms with Crippen LogP contribution in [0, 0.1) is 5.82 Å². The Morgan fingerprint density at radius 2 is 1.94 bits per heavy atom. The highest BCUT2D eigenvalue weighted by atomic mass is 19.1. The molecule has 3 rings (SSSR count). The average molecular weight is 499 g/mol. The van der Waals surface area contributed by atoms with Crippen LogP contribution in [0.3, 0.4) is 0 Å². The number of carbonyl (C=O) groups is 3. The molecule has 10 nitrogen and oxygen atoms in total. The number of Topliss-reactive ketones (excluding diaryl/α,β-unsaturated/α-hetero) is 1.